The molecule has 1 aromatic rings. The van der Waals surface area contributed by atoms with Gasteiger partial charge in [-0.1, -0.05) is 30.3 Å². The second kappa shape index (κ2) is 9.13. The largest absolute Gasteiger partial charge is 0.370 e. The average molecular weight is 397 g/mol. The minimum atomic E-state index is -3.06. The van der Waals surface area contributed by atoms with Gasteiger partial charge in [-0.3, -0.25) is 4.99 Å². The summed E-state index contributed by atoms with van der Waals surface area (Å²) in [5, 5.41) is 2.83. The van der Waals surface area contributed by atoms with Crippen LogP contribution in [0.1, 0.15) is 12.0 Å². The molecular formula is C12H20IN3O2S. The molecule has 7 heteroatoms. The normalized spacial score (nSPS) is 11.7. The summed E-state index contributed by atoms with van der Waals surface area (Å²) in [4.78, 5) is 3.72. The number of rotatable bonds is 6. The summed E-state index contributed by atoms with van der Waals surface area (Å²) in [5.41, 5.74) is 6.26. The highest BCUT2D eigenvalue weighted by Gasteiger charge is 2.11. The van der Waals surface area contributed by atoms with Crippen LogP contribution in [0.3, 0.4) is 0 Å². The van der Waals surface area contributed by atoms with Gasteiger partial charge in [0, 0.05) is 13.6 Å². The third-order valence-corrected chi connectivity index (χ3v) is 4.09. The minimum absolute atomic E-state index is 0. The summed E-state index contributed by atoms with van der Waals surface area (Å²) >= 11 is 0. The highest BCUT2D eigenvalue weighted by molar-refractivity contribution is 14.0. The average Bonchev–Trinajstić information content (AvgIpc) is 2.35. The number of guanidine groups is 1. The molecule has 5 nitrogen and oxygen atoms in total. The van der Waals surface area contributed by atoms with Crippen molar-refractivity contribution in [3.05, 3.63) is 35.9 Å². The molecule has 0 aromatic heterocycles. The Bertz CT molecular complexity index is 489. The first kappa shape index (κ1) is 18.2. The Morgan fingerprint density at radius 3 is 2.53 bits per heavy atom. The van der Waals surface area contributed by atoms with E-state index in [0.717, 1.165) is 5.56 Å². The van der Waals surface area contributed by atoms with Crippen molar-refractivity contribution in [1.29, 1.82) is 0 Å². The van der Waals surface area contributed by atoms with Crippen molar-refractivity contribution in [2.75, 3.05) is 19.3 Å². The quantitative estimate of drug-likeness (QED) is 0.326. The number of nitrogens with one attached hydrogen (secondary N) is 1. The Morgan fingerprint density at radius 2 is 1.95 bits per heavy atom. The summed E-state index contributed by atoms with van der Waals surface area (Å²) in [6, 6.07) is 9.18. The van der Waals surface area contributed by atoms with Gasteiger partial charge in [0.05, 0.1) is 11.5 Å². The molecule has 0 saturated carbocycles. The number of halogens is 1. The Hall–Kier alpha value is -0.830. The van der Waals surface area contributed by atoms with Gasteiger partial charge in [-0.2, -0.15) is 0 Å². The van der Waals surface area contributed by atoms with Crippen LogP contribution in [0, 0.1) is 0 Å². The lowest BCUT2D eigenvalue weighted by atomic mass is 10.2. The molecule has 0 radical (unpaired) electrons. The zero-order valence-corrected chi connectivity index (χ0v) is 14.0. The van der Waals surface area contributed by atoms with Gasteiger partial charge in [0.1, 0.15) is 0 Å². The van der Waals surface area contributed by atoms with E-state index in [-0.39, 0.29) is 35.5 Å². The first-order valence-corrected chi connectivity index (χ1v) is 7.56. The molecule has 1 rings (SSSR count). The van der Waals surface area contributed by atoms with Crippen LogP contribution in [-0.2, 0) is 15.6 Å². The Morgan fingerprint density at radius 1 is 1.32 bits per heavy atom. The topological polar surface area (TPSA) is 84.5 Å². The van der Waals surface area contributed by atoms with E-state index < -0.39 is 9.84 Å². The number of benzene rings is 1. The van der Waals surface area contributed by atoms with Gasteiger partial charge in [0.25, 0.3) is 0 Å². The molecule has 19 heavy (non-hydrogen) atoms. The predicted octanol–water partition coefficient (Wildman–Crippen LogP) is 1.14. The number of sulfone groups is 1. The number of nitrogens with zero attached hydrogens (tertiary/aromatic N) is 1. The first-order valence-electron chi connectivity index (χ1n) is 5.74. The fourth-order valence-corrected chi connectivity index (χ4v) is 2.92. The predicted molar refractivity (Wildman–Crippen MR) is 89.5 cm³/mol. The van der Waals surface area contributed by atoms with Gasteiger partial charge in [-0.05, 0) is 12.0 Å². The molecule has 3 N–H and O–H groups in total. The molecule has 0 heterocycles. The third-order valence-electron chi connectivity index (χ3n) is 2.41. The number of aliphatic imine (C=N–C) groups is 1. The first-order chi connectivity index (χ1) is 8.53. The monoisotopic (exact) mass is 397 g/mol. The SMILES string of the molecule is CN=C(N)NCCCS(=O)(=O)Cc1ccccc1.I. The molecule has 0 aliphatic rings. The van der Waals surface area contributed by atoms with Gasteiger partial charge < -0.3 is 11.1 Å². The molecule has 0 amide bonds. The lowest BCUT2D eigenvalue weighted by Crippen LogP contribution is -2.32. The lowest BCUT2D eigenvalue weighted by molar-refractivity contribution is 0.592. The second-order valence-corrected chi connectivity index (χ2v) is 6.15. The van der Waals surface area contributed by atoms with Gasteiger partial charge in [-0.25, -0.2) is 8.42 Å². The fourth-order valence-electron chi connectivity index (χ4n) is 1.49. The zero-order valence-electron chi connectivity index (χ0n) is 10.9. The number of nitrogens with two attached hydrogens (primary N) is 1. The number of hydrogen-bond donors (Lipinski definition) is 2. The van der Waals surface area contributed by atoms with Crippen LogP contribution in [0.25, 0.3) is 0 Å². The van der Waals surface area contributed by atoms with E-state index in [1.165, 1.54) is 0 Å². The van der Waals surface area contributed by atoms with E-state index in [1.807, 2.05) is 30.3 Å². The molecule has 0 spiro atoms. The summed E-state index contributed by atoms with van der Waals surface area (Å²) < 4.78 is 23.6. The van der Waals surface area contributed by atoms with Gasteiger partial charge >= 0.3 is 0 Å². The van der Waals surface area contributed by atoms with E-state index in [9.17, 15) is 8.42 Å². The molecule has 108 valence electrons. The third kappa shape index (κ3) is 8.04. The number of hydrogen-bond acceptors (Lipinski definition) is 3. The van der Waals surface area contributed by atoms with E-state index in [0.29, 0.717) is 18.9 Å². The standard InChI is InChI=1S/C12H19N3O2S.HI/c1-14-12(13)15-8-5-9-18(16,17)10-11-6-3-2-4-7-11;/h2-4,6-7H,5,8-10H2,1H3,(H3,13,14,15);1H. The Labute approximate surface area is 131 Å². The molecular weight excluding hydrogens is 377 g/mol. The van der Waals surface area contributed by atoms with Gasteiger partial charge in [-0.15, -0.1) is 24.0 Å². The summed E-state index contributed by atoms with van der Waals surface area (Å²) in [6.07, 6.45) is 0.519. The smallest absolute Gasteiger partial charge is 0.188 e. The minimum Gasteiger partial charge on any atom is -0.370 e. The molecule has 0 aliphatic carbocycles. The van der Waals surface area contributed by atoms with Crippen LogP contribution in [-0.4, -0.2) is 33.7 Å². The molecule has 0 atom stereocenters. The van der Waals surface area contributed by atoms with Crippen molar-refractivity contribution >= 4 is 39.8 Å². The van der Waals surface area contributed by atoms with Gasteiger partial charge in [0.15, 0.2) is 15.8 Å². The molecule has 0 fully saturated rings. The zero-order chi connectivity index (χ0) is 13.4. The van der Waals surface area contributed by atoms with Crippen LogP contribution < -0.4 is 11.1 Å². The summed E-state index contributed by atoms with van der Waals surface area (Å²) in [7, 11) is -1.48. The molecule has 1 aromatic carbocycles. The van der Waals surface area contributed by atoms with Crippen LogP contribution >= 0.6 is 24.0 Å². The molecule has 0 aliphatic heterocycles. The van der Waals surface area contributed by atoms with Crippen LogP contribution in [0.4, 0.5) is 0 Å². The van der Waals surface area contributed by atoms with Crippen molar-refractivity contribution in [1.82, 2.24) is 5.32 Å². The lowest BCUT2D eigenvalue weighted by Gasteiger charge is -2.06. The van der Waals surface area contributed by atoms with E-state index in [4.69, 9.17) is 5.73 Å². The summed E-state index contributed by atoms with van der Waals surface area (Å²) in [6.45, 7) is 0.511. The maximum atomic E-state index is 11.8. The van der Waals surface area contributed by atoms with Crippen LogP contribution in [0.2, 0.25) is 0 Å². The maximum Gasteiger partial charge on any atom is 0.188 e. The van der Waals surface area contributed by atoms with Gasteiger partial charge in [0.2, 0.25) is 0 Å². The molecule has 0 bridgehead atoms. The van der Waals surface area contributed by atoms with Crippen molar-refractivity contribution in [2.24, 2.45) is 10.7 Å². The van der Waals surface area contributed by atoms with Crippen molar-refractivity contribution in [3.63, 3.8) is 0 Å². The fraction of sp³-hybridized carbons (Fsp3) is 0.417. The van der Waals surface area contributed by atoms with E-state index >= 15 is 0 Å². The highest BCUT2D eigenvalue weighted by atomic mass is 127. The summed E-state index contributed by atoms with van der Waals surface area (Å²) in [5.74, 6) is 0.562. The van der Waals surface area contributed by atoms with Crippen molar-refractivity contribution in [3.8, 4) is 0 Å². The Kier molecular flexibility index (Phi) is 8.73. The van der Waals surface area contributed by atoms with Crippen molar-refractivity contribution in [2.45, 2.75) is 12.2 Å². The second-order valence-electron chi connectivity index (χ2n) is 3.97. The molecule has 0 unspecified atom stereocenters. The van der Waals surface area contributed by atoms with Crippen LogP contribution in [0.15, 0.2) is 35.3 Å². The van der Waals surface area contributed by atoms with E-state index in [1.54, 1.807) is 7.05 Å². The highest BCUT2D eigenvalue weighted by Crippen LogP contribution is 2.06. The van der Waals surface area contributed by atoms with Crippen LogP contribution in [0.5, 0.6) is 0 Å². The van der Waals surface area contributed by atoms with Crippen molar-refractivity contribution < 1.29 is 8.42 Å². The maximum absolute atomic E-state index is 11.8. The molecule has 0 saturated heterocycles. The van der Waals surface area contributed by atoms with E-state index in [2.05, 4.69) is 10.3 Å². The Balaban J connectivity index is 0.00000324.